The molecule has 0 unspecified atom stereocenters. The second kappa shape index (κ2) is 7.49. The first kappa shape index (κ1) is 15.8. The molecule has 0 amide bonds. The van der Waals surface area contributed by atoms with Gasteiger partial charge in [-0.1, -0.05) is 18.2 Å². The summed E-state index contributed by atoms with van der Waals surface area (Å²) in [6.45, 7) is 3.14. The number of hydrogen-bond donors (Lipinski definition) is 1. The first-order valence-corrected chi connectivity index (χ1v) is 8.08. The lowest BCUT2D eigenvalue weighted by Gasteiger charge is -2.18. The smallest absolute Gasteiger partial charge is 0.131 e. The van der Waals surface area contributed by atoms with Crippen LogP contribution in [0.3, 0.4) is 0 Å². The van der Waals surface area contributed by atoms with Crippen LogP contribution in [0.1, 0.15) is 12.0 Å². The minimum atomic E-state index is 0.602. The number of ether oxygens (including phenoxy) is 2. The third-order valence-electron chi connectivity index (χ3n) is 4.33. The van der Waals surface area contributed by atoms with E-state index in [1.165, 1.54) is 12.0 Å². The molecule has 4 nitrogen and oxygen atoms in total. The number of methoxy groups -OCH3 is 1. The van der Waals surface area contributed by atoms with Crippen LogP contribution in [0.4, 0.5) is 0 Å². The third kappa shape index (κ3) is 4.03. The topological polar surface area (TPSA) is 33.7 Å². The van der Waals surface area contributed by atoms with Gasteiger partial charge in [-0.2, -0.15) is 0 Å². The van der Waals surface area contributed by atoms with Gasteiger partial charge in [0.2, 0.25) is 0 Å². The normalized spacial score (nSPS) is 18.1. The van der Waals surface area contributed by atoms with E-state index in [1.54, 1.807) is 7.11 Å². The highest BCUT2D eigenvalue weighted by Gasteiger charge is 2.21. The van der Waals surface area contributed by atoms with Crippen molar-refractivity contribution >= 4 is 0 Å². The maximum Gasteiger partial charge on any atom is 0.131 e. The summed E-state index contributed by atoms with van der Waals surface area (Å²) in [5.41, 5.74) is 1.22. The summed E-state index contributed by atoms with van der Waals surface area (Å²) in [6, 6.07) is 16.6. The Hall–Kier alpha value is -2.04. The van der Waals surface area contributed by atoms with Crippen molar-refractivity contribution in [2.45, 2.75) is 19.0 Å². The number of rotatable bonds is 6. The van der Waals surface area contributed by atoms with Crippen molar-refractivity contribution in [2.75, 3.05) is 27.2 Å². The van der Waals surface area contributed by atoms with Crippen molar-refractivity contribution in [2.24, 2.45) is 0 Å². The Bertz CT molecular complexity index is 628. The molecule has 0 saturated carbocycles. The zero-order valence-electron chi connectivity index (χ0n) is 13.8. The van der Waals surface area contributed by atoms with Crippen LogP contribution in [0, 0.1) is 0 Å². The highest BCUT2D eigenvalue weighted by atomic mass is 16.5. The lowest BCUT2D eigenvalue weighted by molar-refractivity contribution is 0.317. The zero-order valence-corrected chi connectivity index (χ0v) is 13.8. The van der Waals surface area contributed by atoms with Crippen LogP contribution < -0.4 is 14.8 Å². The third-order valence-corrected chi connectivity index (χ3v) is 4.33. The summed E-state index contributed by atoms with van der Waals surface area (Å²) >= 11 is 0. The molecule has 1 aliphatic heterocycles. The molecular formula is C19H24N2O2. The lowest BCUT2D eigenvalue weighted by Crippen LogP contribution is -2.29. The summed E-state index contributed by atoms with van der Waals surface area (Å²) in [5, 5.41) is 3.36. The molecule has 1 heterocycles. The van der Waals surface area contributed by atoms with Gasteiger partial charge in [0, 0.05) is 31.2 Å². The number of nitrogens with one attached hydrogen (secondary N) is 1. The summed E-state index contributed by atoms with van der Waals surface area (Å²) in [7, 11) is 3.70. The van der Waals surface area contributed by atoms with Crippen molar-refractivity contribution in [1.29, 1.82) is 0 Å². The molecule has 0 radical (unpaired) electrons. The first-order valence-electron chi connectivity index (χ1n) is 8.08. The van der Waals surface area contributed by atoms with Crippen molar-refractivity contribution in [3.63, 3.8) is 0 Å². The molecule has 2 aromatic carbocycles. The summed E-state index contributed by atoms with van der Waals surface area (Å²) in [5.74, 6) is 2.58. The highest BCUT2D eigenvalue weighted by molar-refractivity contribution is 5.39. The van der Waals surface area contributed by atoms with Crippen molar-refractivity contribution < 1.29 is 9.47 Å². The SMILES string of the molecule is CN[C@H]1CCN(Cc2ccccc2Oc2ccc(OC)cc2)C1. The monoisotopic (exact) mass is 312 g/mol. The molecule has 1 N–H and O–H groups in total. The fraction of sp³-hybridized carbons (Fsp3) is 0.368. The number of hydrogen-bond acceptors (Lipinski definition) is 4. The number of nitrogens with zero attached hydrogens (tertiary/aromatic N) is 1. The number of para-hydroxylation sites is 1. The average molecular weight is 312 g/mol. The maximum absolute atomic E-state index is 6.07. The van der Waals surface area contributed by atoms with E-state index in [1.807, 2.05) is 43.4 Å². The van der Waals surface area contributed by atoms with Gasteiger partial charge in [-0.15, -0.1) is 0 Å². The maximum atomic E-state index is 6.07. The zero-order chi connectivity index (χ0) is 16.1. The number of likely N-dealkylation sites (N-methyl/N-ethyl adjacent to an activating group) is 1. The van der Waals surface area contributed by atoms with E-state index < -0.39 is 0 Å². The van der Waals surface area contributed by atoms with Crippen molar-refractivity contribution in [3.05, 3.63) is 54.1 Å². The van der Waals surface area contributed by atoms with Crippen LogP contribution in [0.2, 0.25) is 0 Å². The van der Waals surface area contributed by atoms with Gasteiger partial charge >= 0.3 is 0 Å². The van der Waals surface area contributed by atoms with Crippen LogP contribution in [0.15, 0.2) is 48.5 Å². The Morgan fingerprint density at radius 1 is 1.09 bits per heavy atom. The molecule has 3 rings (SSSR count). The predicted octanol–water partition coefficient (Wildman–Crippen LogP) is 3.28. The molecule has 0 aromatic heterocycles. The minimum absolute atomic E-state index is 0.602. The van der Waals surface area contributed by atoms with E-state index in [4.69, 9.17) is 9.47 Å². The first-order chi connectivity index (χ1) is 11.3. The fourth-order valence-electron chi connectivity index (χ4n) is 2.96. The second-order valence-electron chi connectivity index (χ2n) is 5.89. The Kier molecular flexibility index (Phi) is 5.16. The largest absolute Gasteiger partial charge is 0.497 e. The Labute approximate surface area is 138 Å². The van der Waals surface area contributed by atoms with Crippen LogP contribution in [0.5, 0.6) is 17.2 Å². The molecular weight excluding hydrogens is 288 g/mol. The molecule has 0 aliphatic carbocycles. The molecule has 4 heteroatoms. The second-order valence-corrected chi connectivity index (χ2v) is 5.89. The van der Waals surface area contributed by atoms with Gasteiger partial charge in [-0.3, -0.25) is 4.90 Å². The van der Waals surface area contributed by atoms with Crippen LogP contribution in [0.25, 0.3) is 0 Å². The quantitative estimate of drug-likeness (QED) is 0.887. The molecule has 23 heavy (non-hydrogen) atoms. The number of likely N-dealkylation sites (tertiary alicyclic amines) is 1. The minimum Gasteiger partial charge on any atom is -0.497 e. The van der Waals surface area contributed by atoms with Crippen LogP contribution in [-0.4, -0.2) is 38.2 Å². The molecule has 1 fully saturated rings. The van der Waals surface area contributed by atoms with E-state index >= 15 is 0 Å². The average Bonchev–Trinajstić information content (AvgIpc) is 3.05. The van der Waals surface area contributed by atoms with E-state index in [0.717, 1.165) is 36.9 Å². The number of benzene rings is 2. The Morgan fingerprint density at radius 2 is 1.83 bits per heavy atom. The van der Waals surface area contributed by atoms with E-state index in [-0.39, 0.29) is 0 Å². The van der Waals surface area contributed by atoms with Gasteiger partial charge in [-0.25, -0.2) is 0 Å². The van der Waals surface area contributed by atoms with Gasteiger partial charge < -0.3 is 14.8 Å². The lowest BCUT2D eigenvalue weighted by atomic mass is 10.2. The van der Waals surface area contributed by atoms with Crippen molar-refractivity contribution in [1.82, 2.24) is 10.2 Å². The fourth-order valence-corrected chi connectivity index (χ4v) is 2.96. The Balaban J connectivity index is 1.70. The Morgan fingerprint density at radius 3 is 2.52 bits per heavy atom. The van der Waals surface area contributed by atoms with E-state index in [9.17, 15) is 0 Å². The van der Waals surface area contributed by atoms with Gasteiger partial charge in [0.1, 0.15) is 17.2 Å². The van der Waals surface area contributed by atoms with Gasteiger partial charge in [0.25, 0.3) is 0 Å². The van der Waals surface area contributed by atoms with Crippen molar-refractivity contribution in [3.8, 4) is 17.2 Å². The predicted molar refractivity (Wildman–Crippen MR) is 92.3 cm³/mol. The van der Waals surface area contributed by atoms with Crippen LogP contribution in [-0.2, 0) is 6.54 Å². The summed E-state index contributed by atoms with van der Waals surface area (Å²) in [4.78, 5) is 2.47. The summed E-state index contributed by atoms with van der Waals surface area (Å²) < 4.78 is 11.3. The molecule has 1 saturated heterocycles. The van der Waals surface area contributed by atoms with Gasteiger partial charge in [-0.05, 0) is 43.8 Å². The van der Waals surface area contributed by atoms with E-state index in [0.29, 0.717) is 6.04 Å². The highest BCUT2D eigenvalue weighted by Crippen LogP contribution is 2.28. The molecule has 2 aromatic rings. The van der Waals surface area contributed by atoms with Gasteiger partial charge in [0.15, 0.2) is 0 Å². The molecule has 0 spiro atoms. The standard InChI is InChI=1S/C19H24N2O2/c1-20-16-11-12-21(14-16)13-15-5-3-4-6-19(15)23-18-9-7-17(22-2)8-10-18/h3-10,16,20H,11-14H2,1-2H3/t16-/m0/s1. The van der Waals surface area contributed by atoms with Gasteiger partial charge in [0.05, 0.1) is 7.11 Å². The molecule has 1 aliphatic rings. The summed E-state index contributed by atoms with van der Waals surface area (Å²) in [6.07, 6.45) is 1.21. The molecule has 122 valence electrons. The van der Waals surface area contributed by atoms with E-state index in [2.05, 4.69) is 22.3 Å². The molecule has 0 bridgehead atoms. The molecule has 1 atom stereocenters. The van der Waals surface area contributed by atoms with Crippen LogP contribution >= 0.6 is 0 Å².